The van der Waals surface area contributed by atoms with E-state index in [2.05, 4.69) is 5.10 Å². The van der Waals surface area contributed by atoms with Gasteiger partial charge < -0.3 is 5.11 Å². The average molecular weight is 192 g/mol. The maximum atomic E-state index is 13.0. The highest BCUT2D eigenvalue weighted by molar-refractivity contribution is 5.68. The van der Waals surface area contributed by atoms with Gasteiger partial charge in [0.2, 0.25) is 0 Å². The zero-order valence-electron chi connectivity index (χ0n) is 7.61. The van der Waals surface area contributed by atoms with E-state index in [4.69, 9.17) is 0 Å². The molecular weight excluding hydrogens is 183 g/mol. The molecule has 2 aromatic rings. The van der Waals surface area contributed by atoms with Crippen LogP contribution < -0.4 is 0 Å². The van der Waals surface area contributed by atoms with Crippen molar-refractivity contribution in [3.8, 4) is 16.9 Å². The maximum Gasteiger partial charge on any atom is 0.165 e. The predicted molar refractivity (Wildman–Crippen MR) is 50.3 cm³/mol. The molecule has 0 unspecified atom stereocenters. The number of benzene rings is 1. The molecule has 4 heteroatoms. The summed E-state index contributed by atoms with van der Waals surface area (Å²) in [4.78, 5) is 0. The molecule has 0 saturated heterocycles. The third-order valence-electron chi connectivity index (χ3n) is 2.00. The lowest BCUT2D eigenvalue weighted by Crippen LogP contribution is -1.84. The second-order valence-electron chi connectivity index (χ2n) is 3.04. The van der Waals surface area contributed by atoms with Crippen LogP contribution in [0, 0.1) is 5.82 Å². The van der Waals surface area contributed by atoms with Crippen molar-refractivity contribution >= 4 is 0 Å². The molecule has 1 aromatic heterocycles. The largest absolute Gasteiger partial charge is 0.504 e. The summed E-state index contributed by atoms with van der Waals surface area (Å²) in [6.45, 7) is 0. The van der Waals surface area contributed by atoms with Crippen LogP contribution in [0.15, 0.2) is 30.6 Å². The maximum absolute atomic E-state index is 13.0. The minimum Gasteiger partial charge on any atom is -0.504 e. The first kappa shape index (κ1) is 8.74. The van der Waals surface area contributed by atoms with Crippen molar-refractivity contribution in [1.29, 1.82) is 0 Å². The lowest BCUT2D eigenvalue weighted by molar-refractivity contribution is 0.434. The highest BCUT2D eigenvalue weighted by Gasteiger charge is 2.09. The molecule has 0 aliphatic carbocycles. The van der Waals surface area contributed by atoms with Crippen LogP contribution in [0.25, 0.3) is 11.1 Å². The molecular formula is C10H9FN2O. The van der Waals surface area contributed by atoms with E-state index in [9.17, 15) is 9.50 Å². The van der Waals surface area contributed by atoms with Gasteiger partial charge in [-0.2, -0.15) is 5.10 Å². The van der Waals surface area contributed by atoms with Gasteiger partial charge in [-0.1, -0.05) is 12.1 Å². The lowest BCUT2D eigenvalue weighted by atomic mass is 10.1. The first-order chi connectivity index (χ1) is 6.68. The van der Waals surface area contributed by atoms with E-state index in [1.54, 1.807) is 36.3 Å². The number of nitrogens with zero attached hydrogens (tertiary/aromatic N) is 2. The highest BCUT2D eigenvalue weighted by Crippen LogP contribution is 2.30. The number of aryl methyl sites for hydroxylation is 1. The summed E-state index contributed by atoms with van der Waals surface area (Å²) in [5, 5.41) is 13.4. The van der Waals surface area contributed by atoms with Crippen molar-refractivity contribution in [3.05, 3.63) is 36.4 Å². The zero-order valence-corrected chi connectivity index (χ0v) is 7.61. The fourth-order valence-corrected chi connectivity index (χ4v) is 1.31. The van der Waals surface area contributed by atoms with Gasteiger partial charge in [0.1, 0.15) is 0 Å². The summed E-state index contributed by atoms with van der Waals surface area (Å²) in [6.07, 6.45) is 3.29. The number of aromatic hydroxyl groups is 1. The van der Waals surface area contributed by atoms with Gasteiger partial charge in [-0.3, -0.25) is 4.68 Å². The van der Waals surface area contributed by atoms with Crippen LogP contribution in [0.4, 0.5) is 4.39 Å². The van der Waals surface area contributed by atoms with E-state index in [1.165, 1.54) is 6.07 Å². The Morgan fingerprint density at radius 1 is 1.43 bits per heavy atom. The quantitative estimate of drug-likeness (QED) is 0.749. The molecule has 1 heterocycles. The van der Waals surface area contributed by atoms with E-state index < -0.39 is 5.82 Å². The van der Waals surface area contributed by atoms with Crippen molar-refractivity contribution in [2.24, 2.45) is 7.05 Å². The average Bonchev–Trinajstić information content (AvgIpc) is 2.57. The zero-order chi connectivity index (χ0) is 10.1. The molecule has 0 spiro atoms. The van der Waals surface area contributed by atoms with Crippen LogP contribution in [-0.4, -0.2) is 14.9 Å². The summed E-state index contributed by atoms with van der Waals surface area (Å²) in [7, 11) is 1.76. The fraction of sp³-hybridized carbons (Fsp3) is 0.100. The Morgan fingerprint density at radius 3 is 2.86 bits per heavy atom. The van der Waals surface area contributed by atoms with Crippen molar-refractivity contribution in [3.63, 3.8) is 0 Å². The predicted octanol–water partition coefficient (Wildman–Crippen LogP) is 1.93. The summed E-state index contributed by atoms with van der Waals surface area (Å²) >= 11 is 0. The fourth-order valence-electron chi connectivity index (χ4n) is 1.31. The third kappa shape index (κ3) is 1.35. The number of hydrogen-bond donors (Lipinski definition) is 1. The monoisotopic (exact) mass is 192 g/mol. The molecule has 0 bridgehead atoms. The SMILES string of the molecule is Cn1cc(-c2cccc(F)c2O)cn1. The Hall–Kier alpha value is -1.84. The molecule has 14 heavy (non-hydrogen) atoms. The van der Waals surface area contributed by atoms with E-state index in [0.717, 1.165) is 0 Å². The number of halogens is 1. The first-order valence-corrected chi connectivity index (χ1v) is 4.15. The van der Waals surface area contributed by atoms with E-state index >= 15 is 0 Å². The lowest BCUT2D eigenvalue weighted by Gasteiger charge is -2.01. The smallest absolute Gasteiger partial charge is 0.165 e. The van der Waals surface area contributed by atoms with E-state index in [1.807, 2.05) is 0 Å². The molecule has 1 aromatic carbocycles. The number of para-hydroxylation sites is 1. The van der Waals surface area contributed by atoms with Gasteiger partial charge in [0.15, 0.2) is 11.6 Å². The Bertz CT molecular complexity index is 465. The van der Waals surface area contributed by atoms with Gasteiger partial charge in [-0.15, -0.1) is 0 Å². The first-order valence-electron chi connectivity index (χ1n) is 4.15. The normalized spacial score (nSPS) is 10.4. The molecule has 0 atom stereocenters. The molecule has 0 saturated carbocycles. The third-order valence-corrected chi connectivity index (χ3v) is 2.00. The molecule has 0 fully saturated rings. The van der Waals surface area contributed by atoms with Gasteiger partial charge in [0, 0.05) is 24.4 Å². The van der Waals surface area contributed by atoms with Crippen LogP contribution in [0.2, 0.25) is 0 Å². The summed E-state index contributed by atoms with van der Waals surface area (Å²) in [5.41, 5.74) is 1.16. The Balaban J connectivity index is 2.57. The molecule has 2 rings (SSSR count). The van der Waals surface area contributed by atoms with Crippen LogP contribution in [-0.2, 0) is 7.05 Å². The van der Waals surface area contributed by atoms with E-state index in [-0.39, 0.29) is 5.75 Å². The van der Waals surface area contributed by atoms with Crippen molar-refractivity contribution in [2.45, 2.75) is 0 Å². The van der Waals surface area contributed by atoms with Crippen molar-refractivity contribution in [1.82, 2.24) is 9.78 Å². The molecule has 0 radical (unpaired) electrons. The Kier molecular flexibility index (Phi) is 1.96. The number of aromatic nitrogens is 2. The van der Waals surface area contributed by atoms with Gasteiger partial charge >= 0.3 is 0 Å². The number of phenols is 1. The van der Waals surface area contributed by atoms with Crippen LogP contribution in [0.3, 0.4) is 0 Å². The number of rotatable bonds is 1. The Labute approximate surface area is 80.4 Å². The summed E-state index contributed by atoms with van der Waals surface area (Å²) < 4.78 is 14.6. The molecule has 0 aliphatic rings. The van der Waals surface area contributed by atoms with Crippen molar-refractivity contribution < 1.29 is 9.50 Å². The van der Waals surface area contributed by atoms with Gasteiger partial charge in [-0.05, 0) is 6.07 Å². The summed E-state index contributed by atoms with van der Waals surface area (Å²) in [6, 6.07) is 4.42. The molecule has 1 N–H and O–H groups in total. The van der Waals surface area contributed by atoms with E-state index in [0.29, 0.717) is 11.1 Å². The van der Waals surface area contributed by atoms with Crippen LogP contribution in [0.5, 0.6) is 5.75 Å². The molecule has 0 amide bonds. The molecule has 0 aliphatic heterocycles. The van der Waals surface area contributed by atoms with Gasteiger partial charge in [0.25, 0.3) is 0 Å². The number of hydrogen-bond acceptors (Lipinski definition) is 2. The van der Waals surface area contributed by atoms with Gasteiger partial charge in [-0.25, -0.2) is 4.39 Å². The minimum atomic E-state index is -0.619. The Morgan fingerprint density at radius 2 is 2.21 bits per heavy atom. The standard InChI is InChI=1S/C10H9FN2O/c1-13-6-7(5-12-13)8-3-2-4-9(11)10(8)14/h2-6,14H,1H3. The molecule has 72 valence electrons. The van der Waals surface area contributed by atoms with Crippen LogP contribution in [0.1, 0.15) is 0 Å². The molecule has 3 nitrogen and oxygen atoms in total. The van der Waals surface area contributed by atoms with Crippen molar-refractivity contribution in [2.75, 3.05) is 0 Å². The van der Waals surface area contributed by atoms with Gasteiger partial charge in [0.05, 0.1) is 6.20 Å². The number of phenolic OH excluding ortho intramolecular Hbond substituents is 1. The van der Waals surface area contributed by atoms with Crippen LogP contribution >= 0.6 is 0 Å². The topological polar surface area (TPSA) is 38.0 Å². The second kappa shape index (κ2) is 3.14. The summed E-state index contributed by atoms with van der Waals surface area (Å²) in [5.74, 6) is -0.952. The highest BCUT2D eigenvalue weighted by atomic mass is 19.1. The minimum absolute atomic E-state index is 0.333. The second-order valence-corrected chi connectivity index (χ2v) is 3.04.